The van der Waals surface area contributed by atoms with E-state index in [1.54, 1.807) is 0 Å². The van der Waals surface area contributed by atoms with Gasteiger partial charge in [0.1, 0.15) is 11.5 Å². The molecule has 0 heterocycles. The summed E-state index contributed by atoms with van der Waals surface area (Å²) in [4.78, 5) is 0. The number of halogens is 1. The molecule has 0 bridgehead atoms. The van der Waals surface area contributed by atoms with E-state index in [4.69, 9.17) is 10.5 Å². The van der Waals surface area contributed by atoms with Gasteiger partial charge in [-0.15, -0.1) is 0 Å². The number of para-hydroxylation sites is 1. The average Bonchev–Trinajstić information content (AvgIpc) is 2.41. The highest BCUT2D eigenvalue weighted by Crippen LogP contribution is 2.34. The van der Waals surface area contributed by atoms with Crippen molar-refractivity contribution in [2.24, 2.45) is 0 Å². The van der Waals surface area contributed by atoms with E-state index in [-0.39, 0.29) is 0 Å². The number of hydrogen-bond donors (Lipinski definition) is 1. The van der Waals surface area contributed by atoms with Crippen LogP contribution >= 0.6 is 22.6 Å². The molecule has 0 fully saturated rings. The monoisotopic (exact) mass is 367 g/mol. The standard InChI is InChI=1S/C16H18INO/c1-3-11(2)13-6-4-5-7-15(13)19-16-9-8-12(17)10-14(16)18/h4-11H,3,18H2,1-2H3. The summed E-state index contributed by atoms with van der Waals surface area (Å²) in [6, 6.07) is 14.0. The normalized spacial score (nSPS) is 12.2. The van der Waals surface area contributed by atoms with Crippen LogP contribution in [0.4, 0.5) is 5.69 Å². The summed E-state index contributed by atoms with van der Waals surface area (Å²) in [5, 5.41) is 0. The lowest BCUT2D eigenvalue weighted by atomic mass is 9.98. The number of rotatable bonds is 4. The Morgan fingerprint density at radius 3 is 2.58 bits per heavy atom. The van der Waals surface area contributed by atoms with E-state index in [0.717, 1.165) is 21.5 Å². The lowest BCUT2D eigenvalue weighted by Crippen LogP contribution is -1.98. The van der Waals surface area contributed by atoms with E-state index in [1.807, 2.05) is 36.4 Å². The topological polar surface area (TPSA) is 35.2 Å². The van der Waals surface area contributed by atoms with Gasteiger partial charge in [0.2, 0.25) is 0 Å². The van der Waals surface area contributed by atoms with Gasteiger partial charge in [0, 0.05) is 3.57 Å². The first-order valence-electron chi connectivity index (χ1n) is 6.43. The molecule has 3 heteroatoms. The van der Waals surface area contributed by atoms with Gasteiger partial charge in [-0.1, -0.05) is 32.0 Å². The Balaban J connectivity index is 2.33. The first-order chi connectivity index (χ1) is 9.11. The van der Waals surface area contributed by atoms with Crippen molar-refractivity contribution < 1.29 is 4.74 Å². The fraction of sp³-hybridized carbons (Fsp3) is 0.250. The van der Waals surface area contributed by atoms with Crippen molar-refractivity contribution in [1.29, 1.82) is 0 Å². The highest BCUT2D eigenvalue weighted by Gasteiger charge is 2.11. The zero-order chi connectivity index (χ0) is 13.8. The van der Waals surface area contributed by atoms with Crippen molar-refractivity contribution in [2.75, 3.05) is 5.73 Å². The number of benzene rings is 2. The van der Waals surface area contributed by atoms with Gasteiger partial charge in [-0.05, 0) is 64.8 Å². The summed E-state index contributed by atoms with van der Waals surface area (Å²) in [6.07, 6.45) is 1.09. The molecule has 0 aromatic heterocycles. The summed E-state index contributed by atoms with van der Waals surface area (Å²) >= 11 is 2.24. The second-order valence-corrected chi connectivity index (χ2v) is 5.88. The third-order valence-corrected chi connectivity index (χ3v) is 3.93. The molecule has 0 amide bonds. The van der Waals surface area contributed by atoms with Gasteiger partial charge in [-0.2, -0.15) is 0 Å². The van der Waals surface area contributed by atoms with Crippen molar-refractivity contribution in [1.82, 2.24) is 0 Å². The SMILES string of the molecule is CCC(C)c1ccccc1Oc1ccc(I)cc1N. The molecule has 2 aromatic carbocycles. The zero-order valence-corrected chi connectivity index (χ0v) is 13.3. The summed E-state index contributed by atoms with van der Waals surface area (Å²) in [6.45, 7) is 4.39. The van der Waals surface area contributed by atoms with Gasteiger partial charge in [-0.3, -0.25) is 0 Å². The van der Waals surface area contributed by atoms with E-state index in [1.165, 1.54) is 5.56 Å². The maximum atomic E-state index is 6.00. The second-order valence-electron chi connectivity index (χ2n) is 4.63. The van der Waals surface area contributed by atoms with Crippen molar-refractivity contribution in [3.8, 4) is 11.5 Å². The third kappa shape index (κ3) is 3.41. The van der Waals surface area contributed by atoms with E-state index in [0.29, 0.717) is 11.6 Å². The van der Waals surface area contributed by atoms with Crippen LogP contribution in [0.25, 0.3) is 0 Å². The van der Waals surface area contributed by atoms with Gasteiger partial charge in [0.05, 0.1) is 5.69 Å². The predicted molar refractivity (Wildman–Crippen MR) is 88.8 cm³/mol. The van der Waals surface area contributed by atoms with E-state index in [2.05, 4.69) is 42.5 Å². The molecule has 2 rings (SSSR count). The lowest BCUT2D eigenvalue weighted by Gasteiger charge is -2.16. The van der Waals surface area contributed by atoms with Crippen molar-refractivity contribution in [3.05, 3.63) is 51.6 Å². The Bertz CT molecular complexity index is 568. The van der Waals surface area contributed by atoms with Crippen molar-refractivity contribution in [3.63, 3.8) is 0 Å². The zero-order valence-electron chi connectivity index (χ0n) is 11.2. The fourth-order valence-corrected chi connectivity index (χ4v) is 2.45. The minimum Gasteiger partial charge on any atom is -0.455 e. The number of anilines is 1. The molecule has 0 aliphatic heterocycles. The Labute approximate surface area is 128 Å². The Kier molecular flexibility index (Phi) is 4.69. The van der Waals surface area contributed by atoms with Crippen LogP contribution in [0.2, 0.25) is 0 Å². The molecule has 0 saturated heterocycles. The molecule has 0 aliphatic carbocycles. The molecule has 19 heavy (non-hydrogen) atoms. The quantitative estimate of drug-likeness (QED) is 0.597. The molecule has 100 valence electrons. The summed E-state index contributed by atoms with van der Waals surface area (Å²) in [7, 11) is 0. The number of ether oxygens (including phenoxy) is 1. The summed E-state index contributed by atoms with van der Waals surface area (Å²) in [5.41, 5.74) is 7.90. The molecule has 0 saturated carbocycles. The van der Waals surface area contributed by atoms with Crippen LogP contribution in [0.5, 0.6) is 11.5 Å². The van der Waals surface area contributed by atoms with Crippen LogP contribution in [0.15, 0.2) is 42.5 Å². The lowest BCUT2D eigenvalue weighted by molar-refractivity contribution is 0.472. The maximum Gasteiger partial charge on any atom is 0.150 e. The van der Waals surface area contributed by atoms with Crippen LogP contribution in [0.1, 0.15) is 31.7 Å². The predicted octanol–water partition coefficient (Wildman–Crippen LogP) is 5.18. The van der Waals surface area contributed by atoms with Crippen LogP contribution in [-0.4, -0.2) is 0 Å². The van der Waals surface area contributed by atoms with Gasteiger partial charge >= 0.3 is 0 Å². The minimum atomic E-state index is 0.473. The smallest absolute Gasteiger partial charge is 0.150 e. The summed E-state index contributed by atoms with van der Waals surface area (Å²) in [5.74, 6) is 2.09. The third-order valence-electron chi connectivity index (χ3n) is 3.25. The molecule has 2 aromatic rings. The fourth-order valence-electron chi connectivity index (χ4n) is 1.93. The van der Waals surface area contributed by atoms with Crippen LogP contribution in [-0.2, 0) is 0 Å². The molecule has 2 nitrogen and oxygen atoms in total. The van der Waals surface area contributed by atoms with Crippen LogP contribution in [0, 0.1) is 3.57 Å². The van der Waals surface area contributed by atoms with Crippen molar-refractivity contribution in [2.45, 2.75) is 26.2 Å². The van der Waals surface area contributed by atoms with E-state index < -0.39 is 0 Å². The highest BCUT2D eigenvalue weighted by molar-refractivity contribution is 14.1. The van der Waals surface area contributed by atoms with Crippen LogP contribution in [0.3, 0.4) is 0 Å². The van der Waals surface area contributed by atoms with Crippen LogP contribution < -0.4 is 10.5 Å². The number of hydrogen-bond acceptors (Lipinski definition) is 2. The molecular formula is C16H18INO. The first kappa shape index (κ1) is 14.2. The number of nitrogens with two attached hydrogens (primary N) is 1. The molecule has 0 radical (unpaired) electrons. The van der Waals surface area contributed by atoms with Gasteiger partial charge < -0.3 is 10.5 Å². The number of nitrogen functional groups attached to an aromatic ring is 1. The molecule has 0 spiro atoms. The average molecular weight is 367 g/mol. The molecule has 1 atom stereocenters. The summed E-state index contributed by atoms with van der Waals surface area (Å²) < 4.78 is 7.10. The Hall–Kier alpha value is -1.23. The minimum absolute atomic E-state index is 0.473. The van der Waals surface area contributed by atoms with Gasteiger partial charge in [-0.25, -0.2) is 0 Å². The molecular weight excluding hydrogens is 349 g/mol. The largest absolute Gasteiger partial charge is 0.455 e. The Morgan fingerprint density at radius 2 is 1.89 bits per heavy atom. The highest BCUT2D eigenvalue weighted by atomic mass is 127. The van der Waals surface area contributed by atoms with Crippen molar-refractivity contribution >= 4 is 28.3 Å². The van der Waals surface area contributed by atoms with E-state index in [9.17, 15) is 0 Å². The Morgan fingerprint density at radius 1 is 1.16 bits per heavy atom. The second kappa shape index (κ2) is 6.28. The molecule has 2 N–H and O–H groups in total. The van der Waals surface area contributed by atoms with Gasteiger partial charge in [0.15, 0.2) is 0 Å². The van der Waals surface area contributed by atoms with Gasteiger partial charge in [0.25, 0.3) is 0 Å². The van der Waals surface area contributed by atoms with E-state index >= 15 is 0 Å². The first-order valence-corrected chi connectivity index (χ1v) is 7.51. The molecule has 1 unspecified atom stereocenters. The molecule has 0 aliphatic rings. The maximum absolute atomic E-state index is 6.00.